The van der Waals surface area contributed by atoms with Crippen molar-refractivity contribution in [1.82, 2.24) is 4.90 Å². The molecule has 0 bridgehead atoms. The van der Waals surface area contributed by atoms with Crippen LogP contribution in [0.15, 0.2) is 54.6 Å². The van der Waals surface area contributed by atoms with E-state index in [1.54, 1.807) is 19.1 Å². The Hall–Kier alpha value is -2.49. The fourth-order valence-corrected chi connectivity index (χ4v) is 1.86. The number of benzene rings is 2. The molecule has 0 spiro atoms. The number of hydrogen-bond donors (Lipinski definition) is 1. The molecule has 104 valence electrons. The van der Waals surface area contributed by atoms with E-state index in [2.05, 4.69) is 5.32 Å². The summed E-state index contributed by atoms with van der Waals surface area (Å²) in [7, 11) is 3.39. The Balaban J connectivity index is 1.97. The maximum Gasteiger partial charge on any atom is 0.321 e. The normalized spacial score (nSPS) is 9.90. The lowest BCUT2D eigenvalue weighted by molar-refractivity contribution is 0.220. The van der Waals surface area contributed by atoms with E-state index in [1.807, 2.05) is 54.6 Å². The van der Waals surface area contributed by atoms with E-state index in [1.165, 1.54) is 0 Å². The Morgan fingerprint density at radius 1 is 1.15 bits per heavy atom. The van der Waals surface area contributed by atoms with E-state index in [-0.39, 0.29) is 6.03 Å². The smallest absolute Gasteiger partial charge is 0.321 e. The summed E-state index contributed by atoms with van der Waals surface area (Å²) in [4.78, 5) is 13.7. The SMILES string of the molecule is COc1cccc(CN(C)C(=O)Nc2ccccc2)c1. The van der Waals surface area contributed by atoms with Crippen LogP contribution in [0.25, 0.3) is 0 Å². The number of anilines is 1. The number of amides is 2. The molecule has 20 heavy (non-hydrogen) atoms. The fraction of sp³-hybridized carbons (Fsp3) is 0.188. The molecule has 0 fully saturated rings. The molecule has 4 heteroatoms. The molecule has 0 unspecified atom stereocenters. The van der Waals surface area contributed by atoms with Crippen LogP contribution in [-0.2, 0) is 6.54 Å². The van der Waals surface area contributed by atoms with Gasteiger partial charge in [0.15, 0.2) is 0 Å². The number of nitrogens with zero attached hydrogens (tertiary/aromatic N) is 1. The number of hydrogen-bond acceptors (Lipinski definition) is 2. The van der Waals surface area contributed by atoms with Gasteiger partial charge in [-0.25, -0.2) is 4.79 Å². The molecule has 0 radical (unpaired) electrons. The number of carbonyl (C=O) groups excluding carboxylic acids is 1. The molecule has 0 aliphatic heterocycles. The van der Waals surface area contributed by atoms with Gasteiger partial charge < -0.3 is 15.0 Å². The lowest BCUT2D eigenvalue weighted by Gasteiger charge is -2.18. The van der Waals surface area contributed by atoms with E-state index >= 15 is 0 Å². The molecule has 0 saturated heterocycles. The zero-order chi connectivity index (χ0) is 14.4. The summed E-state index contributed by atoms with van der Waals surface area (Å²) in [5.74, 6) is 0.791. The lowest BCUT2D eigenvalue weighted by atomic mass is 10.2. The van der Waals surface area contributed by atoms with Crippen molar-refractivity contribution >= 4 is 11.7 Å². The topological polar surface area (TPSA) is 41.6 Å². The molecule has 0 heterocycles. The van der Waals surface area contributed by atoms with Gasteiger partial charge in [0, 0.05) is 19.3 Å². The Morgan fingerprint density at radius 3 is 2.60 bits per heavy atom. The number of carbonyl (C=O) groups is 1. The summed E-state index contributed by atoms with van der Waals surface area (Å²) in [5, 5.41) is 2.85. The molecule has 2 amide bonds. The van der Waals surface area contributed by atoms with Crippen molar-refractivity contribution in [1.29, 1.82) is 0 Å². The van der Waals surface area contributed by atoms with Gasteiger partial charge in [0.25, 0.3) is 0 Å². The first-order chi connectivity index (χ1) is 9.69. The molecule has 1 N–H and O–H groups in total. The first-order valence-corrected chi connectivity index (χ1v) is 6.39. The van der Waals surface area contributed by atoms with Gasteiger partial charge in [-0.1, -0.05) is 30.3 Å². The van der Waals surface area contributed by atoms with E-state index in [0.717, 1.165) is 17.0 Å². The highest BCUT2D eigenvalue weighted by Gasteiger charge is 2.09. The zero-order valence-corrected chi connectivity index (χ0v) is 11.7. The molecule has 0 saturated carbocycles. The Morgan fingerprint density at radius 2 is 1.90 bits per heavy atom. The van der Waals surface area contributed by atoms with Crippen molar-refractivity contribution in [3.8, 4) is 5.75 Å². The molecule has 0 aromatic heterocycles. The van der Waals surface area contributed by atoms with Crippen molar-refractivity contribution < 1.29 is 9.53 Å². The van der Waals surface area contributed by atoms with E-state index in [0.29, 0.717) is 6.54 Å². The Kier molecular flexibility index (Phi) is 4.60. The second kappa shape index (κ2) is 6.61. The van der Waals surface area contributed by atoms with Gasteiger partial charge in [-0.05, 0) is 29.8 Å². The van der Waals surface area contributed by atoms with Crippen molar-refractivity contribution in [2.45, 2.75) is 6.54 Å². The van der Waals surface area contributed by atoms with Gasteiger partial charge in [-0.15, -0.1) is 0 Å². The summed E-state index contributed by atoms with van der Waals surface area (Å²) in [6.07, 6.45) is 0. The molecule has 0 aliphatic rings. The first-order valence-electron chi connectivity index (χ1n) is 6.39. The molecule has 2 aromatic rings. The van der Waals surface area contributed by atoms with Crippen LogP contribution in [0.5, 0.6) is 5.75 Å². The van der Waals surface area contributed by atoms with Gasteiger partial charge >= 0.3 is 6.03 Å². The maximum atomic E-state index is 12.1. The average Bonchev–Trinajstić information content (AvgIpc) is 2.48. The minimum Gasteiger partial charge on any atom is -0.497 e. The van der Waals surface area contributed by atoms with Gasteiger partial charge in [0.1, 0.15) is 5.75 Å². The Bertz CT molecular complexity index is 570. The summed E-state index contributed by atoms with van der Waals surface area (Å²) in [5.41, 5.74) is 1.81. The average molecular weight is 270 g/mol. The van der Waals surface area contributed by atoms with Gasteiger partial charge in [-0.3, -0.25) is 0 Å². The maximum absolute atomic E-state index is 12.1. The molecular weight excluding hydrogens is 252 g/mol. The van der Waals surface area contributed by atoms with Crippen molar-refractivity contribution in [2.75, 3.05) is 19.5 Å². The molecule has 2 rings (SSSR count). The van der Waals surface area contributed by atoms with Crippen LogP contribution in [-0.4, -0.2) is 25.1 Å². The molecule has 4 nitrogen and oxygen atoms in total. The molecule has 0 aliphatic carbocycles. The number of ether oxygens (including phenoxy) is 1. The van der Waals surface area contributed by atoms with Crippen molar-refractivity contribution in [2.24, 2.45) is 0 Å². The van der Waals surface area contributed by atoms with Gasteiger partial charge in [-0.2, -0.15) is 0 Å². The summed E-state index contributed by atoms with van der Waals surface area (Å²) < 4.78 is 5.17. The minimum atomic E-state index is -0.140. The zero-order valence-electron chi connectivity index (χ0n) is 11.7. The monoisotopic (exact) mass is 270 g/mol. The highest BCUT2D eigenvalue weighted by molar-refractivity contribution is 5.89. The number of urea groups is 1. The highest BCUT2D eigenvalue weighted by Crippen LogP contribution is 2.14. The van der Waals surface area contributed by atoms with Crippen molar-refractivity contribution in [3.05, 3.63) is 60.2 Å². The van der Waals surface area contributed by atoms with Gasteiger partial charge in [0.05, 0.1) is 7.11 Å². The van der Waals surface area contributed by atoms with Gasteiger partial charge in [0.2, 0.25) is 0 Å². The van der Waals surface area contributed by atoms with Crippen LogP contribution in [0.2, 0.25) is 0 Å². The number of methoxy groups -OCH3 is 1. The first kappa shape index (κ1) is 13.9. The summed E-state index contributed by atoms with van der Waals surface area (Å²) in [6, 6.07) is 16.9. The number of para-hydroxylation sites is 1. The number of rotatable bonds is 4. The second-order valence-electron chi connectivity index (χ2n) is 4.50. The molecule has 2 aromatic carbocycles. The minimum absolute atomic E-state index is 0.140. The summed E-state index contributed by atoms with van der Waals surface area (Å²) in [6.45, 7) is 0.524. The van der Waals surface area contributed by atoms with Crippen LogP contribution in [0.1, 0.15) is 5.56 Å². The third-order valence-electron chi connectivity index (χ3n) is 2.93. The quantitative estimate of drug-likeness (QED) is 0.925. The van der Waals surface area contributed by atoms with E-state index < -0.39 is 0 Å². The van der Waals surface area contributed by atoms with E-state index in [9.17, 15) is 4.79 Å². The third-order valence-corrected chi connectivity index (χ3v) is 2.93. The third kappa shape index (κ3) is 3.75. The van der Waals surface area contributed by atoms with Crippen LogP contribution >= 0.6 is 0 Å². The molecular formula is C16H18N2O2. The summed E-state index contributed by atoms with van der Waals surface area (Å²) >= 11 is 0. The fourth-order valence-electron chi connectivity index (χ4n) is 1.86. The lowest BCUT2D eigenvalue weighted by Crippen LogP contribution is -2.30. The van der Waals surface area contributed by atoms with Crippen LogP contribution in [0.3, 0.4) is 0 Å². The second-order valence-corrected chi connectivity index (χ2v) is 4.50. The van der Waals surface area contributed by atoms with Crippen molar-refractivity contribution in [3.63, 3.8) is 0 Å². The largest absolute Gasteiger partial charge is 0.497 e. The Labute approximate surface area is 119 Å². The van der Waals surface area contributed by atoms with Crippen LogP contribution in [0, 0.1) is 0 Å². The van der Waals surface area contributed by atoms with Crippen LogP contribution < -0.4 is 10.1 Å². The van der Waals surface area contributed by atoms with E-state index in [4.69, 9.17) is 4.74 Å². The predicted octanol–water partition coefficient (Wildman–Crippen LogP) is 3.36. The van der Waals surface area contributed by atoms with Crippen LogP contribution in [0.4, 0.5) is 10.5 Å². The number of nitrogens with one attached hydrogen (secondary N) is 1. The highest BCUT2D eigenvalue weighted by atomic mass is 16.5. The predicted molar refractivity (Wildman–Crippen MR) is 79.9 cm³/mol. The molecule has 0 atom stereocenters. The standard InChI is InChI=1S/C16H18N2O2/c1-18(12-13-7-6-10-15(11-13)20-2)16(19)17-14-8-4-3-5-9-14/h3-11H,12H2,1-2H3,(H,17,19).